The van der Waals surface area contributed by atoms with Crippen LogP contribution in [0, 0.1) is 0 Å². The molecule has 1 heterocycles. The number of benzene rings is 1. The maximum absolute atomic E-state index is 11.0. The second-order valence-corrected chi connectivity index (χ2v) is 5.68. The van der Waals surface area contributed by atoms with Gasteiger partial charge in [0.25, 0.3) is 0 Å². The largest absolute Gasteiger partial charge is 0.478 e. The van der Waals surface area contributed by atoms with E-state index >= 15 is 0 Å². The third-order valence-corrected chi connectivity index (χ3v) is 4.38. The summed E-state index contributed by atoms with van der Waals surface area (Å²) in [5.74, 6) is -0.886. The zero-order valence-electron chi connectivity index (χ0n) is 12.2. The minimum Gasteiger partial charge on any atom is -0.478 e. The average molecular weight is 277 g/mol. The molecule has 110 valence electrons. The van der Waals surface area contributed by atoms with Gasteiger partial charge in [-0.05, 0) is 42.5 Å². The van der Waals surface area contributed by atoms with Crippen LogP contribution in [0.1, 0.15) is 48.2 Å². The van der Waals surface area contributed by atoms with E-state index in [4.69, 9.17) is 5.11 Å². The molecule has 0 bridgehead atoms. The highest BCUT2D eigenvalue weighted by atomic mass is 16.4. The molecule has 1 aromatic rings. The summed E-state index contributed by atoms with van der Waals surface area (Å²) in [4.78, 5) is 13.3. The van der Waals surface area contributed by atoms with Gasteiger partial charge in [0.15, 0.2) is 0 Å². The van der Waals surface area contributed by atoms with Crippen LogP contribution in [0.5, 0.6) is 0 Å². The number of aromatic carboxylic acids is 1. The van der Waals surface area contributed by atoms with E-state index in [2.05, 4.69) is 4.90 Å². The van der Waals surface area contributed by atoms with Crippen molar-refractivity contribution in [2.75, 3.05) is 13.1 Å². The first kappa shape index (κ1) is 15.0. The van der Waals surface area contributed by atoms with Gasteiger partial charge >= 0.3 is 5.97 Å². The second-order valence-electron chi connectivity index (χ2n) is 5.68. The summed E-state index contributed by atoms with van der Waals surface area (Å²) in [6.07, 6.45) is 2.39. The lowest BCUT2D eigenvalue weighted by atomic mass is 9.93. The van der Waals surface area contributed by atoms with Gasteiger partial charge in [0, 0.05) is 19.6 Å². The topological polar surface area (TPSA) is 60.8 Å². The van der Waals surface area contributed by atoms with Crippen LogP contribution in [0.2, 0.25) is 0 Å². The molecule has 1 aromatic carbocycles. The van der Waals surface area contributed by atoms with Crippen molar-refractivity contribution < 1.29 is 15.0 Å². The van der Waals surface area contributed by atoms with Crippen molar-refractivity contribution in [2.24, 2.45) is 0 Å². The fraction of sp³-hybridized carbons (Fsp3) is 0.562. The number of nitrogens with zero attached hydrogens (tertiary/aromatic N) is 1. The van der Waals surface area contributed by atoms with Crippen LogP contribution in [-0.2, 0) is 13.0 Å². The zero-order valence-corrected chi connectivity index (χ0v) is 12.2. The van der Waals surface area contributed by atoms with Crippen LogP contribution in [0.4, 0.5) is 0 Å². The van der Waals surface area contributed by atoms with Crippen molar-refractivity contribution in [3.63, 3.8) is 0 Å². The number of hydrogen-bond acceptors (Lipinski definition) is 3. The molecule has 0 radical (unpaired) electrons. The summed E-state index contributed by atoms with van der Waals surface area (Å²) >= 11 is 0. The molecule has 0 fully saturated rings. The number of β-amino-alcohol motifs (C(OH)–C–C–N with tert-alkyl or cyclic N) is 1. The van der Waals surface area contributed by atoms with E-state index in [0.29, 0.717) is 12.1 Å². The summed E-state index contributed by atoms with van der Waals surface area (Å²) in [6, 6.07) is 5.36. The van der Waals surface area contributed by atoms with E-state index in [1.54, 1.807) is 12.1 Å². The Labute approximate surface area is 120 Å². The Morgan fingerprint density at radius 3 is 2.60 bits per heavy atom. The van der Waals surface area contributed by atoms with Gasteiger partial charge in [0.05, 0.1) is 11.2 Å². The van der Waals surface area contributed by atoms with Gasteiger partial charge in [-0.1, -0.05) is 19.9 Å². The third kappa shape index (κ3) is 3.19. The highest BCUT2D eigenvalue weighted by Gasteiger charge is 2.27. The quantitative estimate of drug-likeness (QED) is 0.867. The SMILES string of the molecule is CCC(O)(CC)CN1CCc2ccc(C(=O)O)cc2C1. The molecule has 0 saturated carbocycles. The molecule has 20 heavy (non-hydrogen) atoms. The van der Waals surface area contributed by atoms with Gasteiger partial charge in [-0.3, -0.25) is 4.90 Å². The van der Waals surface area contributed by atoms with Crippen molar-refractivity contribution in [1.29, 1.82) is 0 Å². The Morgan fingerprint density at radius 2 is 2.00 bits per heavy atom. The predicted molar refractivity (Wildman–Crippen MR) is 77.9 cm³/mol. The first-order valence-electron chi connectivity index (χ1n) is 7.27. The van der Waals surface area contributed by atoms with Crippen LogP contribution in [0.25, 0.3) is 0 Å². The maximum Gasteiger partial charge on any atom is 0.335 e. The molecule has 0 unspecified atom stereocenters. The van der Waals surface area contributed by atoms with Crippen LogP contribution in [0.3, 0.4) is 0 Å². The summed E-state index contributed by atoms with van der Waals surface area (Å²) in [5.41, 5.74) is 2.00. The smallest absolute Gasteiger partial charge is 0.335 e. The number of carbonyl (C=O) groups is 1. The number of rotatable bonds is 5. The molecule has 0 spiro atoms. The molecule has 0 aromatic heterocycles. The average Bonchev–Trinajstić information content (AvgIpc) is 2.46. The molecule has 0 saturated heterocycles. The highest BCUT2D eigenvalue weighted by molar-refractivity contribution is 5.87. The van der Waals surface area contributed by atoms with Crippen LogP contribution >= 0.6 is 0 Å². The minimum atomic E-state index is -0.886. The molecule has 2 rings (SSSR count). The normalized spacial score (nSPS) is 15.9. The molecular formula is C16H23NO3. The van der Waals surface area contributed by atoms with Crippen molar-refractivity contribution in [3.05, 3.63) is 34.9 Å². The standard InChI is InChI=1S/C16H23NO3/c1-3-16(20,4-2)11-17-8-7-12-5-6-13(15(18)19)9-14(12)10-17/h5-6,9,20H,3-4,7-8,10-11H2,1-2H3,(H,18,19). The maximum atomic E-state index is 11.0. The van der Waals surface area contributed by atoms with Gasteiger partial charge in [-0.15, -0.1) is 0 Å². The van der Waals surface area contributed by atoms with Gasteiger partial charge in [-0.25, -0.2) is 4.79 Å². The number of carboxylic acids is 1. The predicted octanol–water partition coefficient (Wildman–Crippen LogP) is 2.29. The summed E-state index contributed by atoms with van der Waals surface area (Å²) in [5, 5.41) is 19.5. The van der Waals surface area contributed by atoms with Gasteiger partial charge in [0.2, 0.25) is 0 Å². The Balaban J connectivity index is 2.13. The van der Waals surface area contributed by atoms with Crippen molar-refractivity contribution >= 4 is 5.97 Å². The second kappa shape index (κ2) is 5.94. The van der Waals surface area contributed by atoms with Crippen LogP contribution in [0.15, 0.2) is 18.2 Å². The lowest BCUT2D eigenvalue weighted by molar-refractivity contribution is -0.00687. The molecule has 4 heteroatoms. The summed E-state index contributed by atoms with van der Waals surface area (Å²) in [6.45, 7) is 6.30. The van der Waals surface area contributed by atoms with E-state index in [0.717, 1.165) is 37.9 Å². The van der Waals surface area contributed by atoms with Crippen molar-refractivity contribution in [3.8, 4) is 0 Å². The lowest BCUT2D eigenvalue weighted by Gasteiger charge is -2.36. The first-order valence-corrected chi connectivity index (χ1v) is 7.27. The molecule has 0 atom stereocenters. The van der Waals surface area contributed by atoms with E-state index in [9.17, 15) is 9.90 Å². The lowest BCUT2D eigenvalue weighted by Crippen LogP contribution is -2.44. The molecule has 0 amide bonds. The Kier molecular flexibility index (Phi) is 4.45. The third-order valence-electron chi connectivity index (χ3n) is 4.38. The van der Waals surface area contributed by atoms with E-state index in [-0.39, 0.29) is 0 Å². The van der Waals surface area contributed by atoms with Crippen LogP contribution in [-0.4, -0.2) is 39.8 Å². The molecular weight excluding hydrogens is 254 g/mol. The molecule has 1 aliphatic heterocycles. The molecule has 0 aliphatic carbocycles. The number of hydrogen-bond donors (Lipinski definition) is 2. The fourth-order valence-electron chi connectivity index (χ4n) is 2.77. The zero-order chi connectivity index (χ0) is 14.8. The molecule has 4 nitrogen and oxygen atoms in total. The Bertz CT molecular complexity index is 494. The van der Waals surface area contributed by atoms with Crippen LogP contribution < -0.4 is 0 Å². The minimum absolute atomic E-state index is 0.340. The van der Waals surface area contributed by atoms with Crippen molar-refractivity contribution in [1.82, 2.24) is 4.90 Å². The number of fused-ring (bicyclic) bond motifs is 1. The Morgan fingerprint density at radius 1 is 1.30 bits per heavy atom. The highest BCUT2D eigenvalue weighted by Crippen LogP contribution is 2.24. The van der Waals surface area contributed by atoms with Gasteiger partial charge in [0.1, 0.15) is 0 Å². The molecule has 2 N–H and O–H groups in total. The number of aliphatic hydroxyl groups is 1. The number of carboxylic acid groups (broad SMARTS) is 1. The fourth-order valence-corrected chi connectivity index (χ4v) is 2.77. The summed E-state index contributed by atoms with van der Waals surface area (Å²) in [7, 11) is 0. The van der Waals surface area contributed by atoms with E-state index in [1.807, 2.05) is 19.9 Å². The summed E-state index contributed by atoms with van der Waals surface area (Å²) < 4.78 is 0. The first-order chi connectivity index (χ1) is 9.47. The van der Waals surface area contributed by atoms with E-state index in [1.165, 1.54) is 5.56 Å². The Hall–Kier alpha value is -1.39. The van der Waals surface area contributed by atoms with E-state index < -0.39 is 11.6 Å². The molecule has 1 aliphatic rings. The van der Waals surface area contributed by atoms with Crippen molar-refractivity contribution in [2.45, 2.75) is 45.3 Å². The van der Waals surface area contributed by atoms with Gasteiger partial charge in [-0.2, -0.15) is 0 Å². The van der Waals surface area contributed by atoms with Gasteiger partial charge < -0.3 is 10.2 Å². The monoisotopic (exact) mass is 277 g/mol.